The Balaban J connectivity index is 1.75. The molecule has 30 heavy (non-hydrogen) atoms. The lowest BCUT2D eigenvalue weighted by Gasteiger charge is -2.23. The number of nitrogens with zero attached hydrogens (tertiary/aromatic N) is 1. The van der Waals surface area contributed by atoms with Crippen molar-refractivity contribution in [1.29, 1.82) is 0 Å². The maximum Gasteiger partial charge on any atom is 0.325 e. The molecule has 1 aliphatic heterocycles. The van der Waals surface area contributed by atoms with Gasteiger partial charge in [-0.3, -0.25) is 14.5 Å². The third kappa shape index (κ3) is 3.91. The van der Waals surface area contributed by atoms with E-state index in [2.05, 4.69) is 10.6 Å². The molecule has 2 aromatic carbocycles. The Morgan fingerprint density at radius 2 is 1.80 bits per heavy atom. The molecular formula is C21H22ClN3O5. The molecule has 3 rings (SSSR count). The number of imide groups is 1. The number of hydrogen-bond acceptors (Lipinski definition) is 5. The fourth-order valence-corrected chi connectivity index (χ4v) is 3.57. The van der Waals surface area contributed by atoms with Crippen molar-refractivity contribution in [3.63, 3.8) is 0 Å². The summed E-state index contributed by atoms with van der Waals surface area (Å²) in [5.41, 5.74) is 0.568. The molecule has 2 aromatic rings. The summed E-state index contributed by atoms with van der Waals surface area (Å²) >= 11 is 6.06. The van der Waals surface area contributed by atoms with E-state index < -0.39 is 29.9 Å². The van der Waals surface area contributed by atoms with Crippen molar-refractivity contribution in [1.82, 2.24) is 10.2 Å². The SMILES string of the molecule is COc1ccc(C2(C)NC(=O)N(CC(=O)Nc3ccc(OC)c(Cl)c3)C2=O)cc1C. The molecule has 0 aliphatic carbocycles. The molecule has 8 nitrogen and oxygen atoms in total. The van der Waals surface area contributed by atoms with Crippen LogP contribution in [-0.2, 0) is 15.1 Å². The van der Waals surface area contributed by atoms with Crippen LogP contribution < -0.4 is 20.1 Å². The normalized spacial score (nSPS) is 18.2. The van der Waals surface area contributed by atoms with E-state index in [0.29, 0.717) is 27.8 Å². The topological polar surface area (TPSA) is 97.0 Å². The number of carbonyl (C=O) groups excluding carboxylic acids is 3. The van der Waals surface area contributed by atoms with Crippen LogP contribution in [0.1, 0.15) is 18.1 Å². The lowest BCUT2D eigenvalue weighted by Crippen LogP contribution is -2.42. The number of carbonyl (C=O) groups is 3. The van der Waals surface area contributed by atoms with Gasteiger partial charge >= 0.3 is 6.03 Å². The van der Waals surface area contributed by atoms with E-state index in [1.807, 2.05) is 6.92 Å². The molecule has 1 heterocycles. The fourth-order valence-electron chi connectivity index (χ4n) is 3.31. The molecular weight excluding hydrogens is 410 g/mol. The number of benzene rings is 2. The molecule has 0 spiro atoms. The number of methoxy groups -OCH3 is 2. The van der Waals surface area contributed by atoms with Crippen molar-refractivity contribution in [3.05, 3.63) is 52.5 Å². The van der Waals surface area contributed by atoms with Crippen molar-refractivity contribution in [3.8, 4) is 11.5 Å². The summed E-state index contributed by atoms with van der Waals surface area (Å²) in [4.78, 5) is 38.8. The molecule has 2 N–H and O–H groups in total. The zero-order valence-corrected chi connectivity index (χ0v) is 17.8. The Morgan fingerprint density at radius 1 is 1.13 bits per heavy atom. The van der Waals surface area contributed by atoms with Crippen LogP contribution in [-0.4, -0.2) is 43.5 Å². The van der Waals surface area contributed by atoms with Crippen LogP contribution >= 0.6 is 11.6 Å². The van der Waals surface area contributed by atoms with E-state index in [1.165, 1.54) is 13.2 Å². The quantitative estimate of drug-likeness (QED) is 0.685. The second kappa shape index (κ2) is 8.23. The second-order valence-corrected chi connectivity index (χ2v) is 7.44. The Hall–Kier alpha value is -3.26. The van der Waals surface area contributed by atoms with Gasteiger partial charge in [0, 0.05) is 5.69 Å². The van der Waals surface area contributed by atoms with Gasteiger partial charge < -0.3 is 20.1 Å². The molecule has 0 saturated carbocycles. The van der Waals surface area contributed by atoms with Crippen LogP contribution in [0, 0.1) is 6.92 Å². The predicted molar refractivity (Wildman–Crippen MR) is 112 cm³/mol. The van der Waals surface area contributed by atoms with Gasteiger partial charge in [0.1, 0.15) is 23.6 Å². The molecule has 1 atom stereocenters. The smallest absolute Gasteiger partial charge is 0.325 e. The maximum atomic E-state index is 13.0. The zero-order chi connectivity index (χ0) is 22.1. The Labute approximate surface area is 179 Å². The highest BCUT2D eigenvalue weighted by molar-refractivity contribution is 6.32. The summed E-state index contributed by atoms with van der Waals surface area (Å²) in [5.74, 6) is 0.0951. The van der Waals surface area contributed by atoms with Gasteiger partial charge in [-0.05, 0) is 55.3 Å². The lowest BCUT2D eigenvalue weighted by atomic mass is 9.90. The van der Waals surface area contributed by atoms with Crippen LogP contribution in [0.25, 0.3) is 0 Å². The average Bonchev–Trinajstić information content (AvgIpc) is 2.92. The molecule has 0 bridgehead atoms. The molecule has 9 heteroatoms. The Bertz CT molecular complexity index is 1030. The average molecular weight is 432 g/mol. The van der Waals surface area contributed by atoms with E-state index in [-0.39, 0.29) is 0 Å². The number of amides is 4. The minimum Gasteiger partial charge on any atom is -0.496 e. The van der Waals surface area contributed by atoms with Crippen molar-refractivity contribution in [2.75, 3.05) is 26.1 Å². The van der Waals surface area contributed by atoms with E-state index in [1.54, 1.807) is 44.4 Å². The highest BCUT2D eigenvalue weighted by atomic mass is 35.5. The lowest BCUT2D eigenvalue weighted by molar-refractivity contribution is -0.133. The van der Waals surface area contributed by atoms with Gasteiger partial charge in [-0.1, -0.05) is 17.7 Å². The van der Waals surface area contributed by atoms with Crippen LogP contribution in [0.3, 0.4) is 0 Å². The molecule has 0 aromatic heterocycles. The van der Waals surface area contributed by atoms with Gasteiger partial charge in [0.2, 0.25) is 5.91 Å². The van der Waals surface area contributed by atoms with Crippen LogP contribution in [0.5, 0.6) is 11.5 Å². The summed E-state index contributed by atoms with van der Waals surface area (Å²) in [6, 6.07) is 9.33. The van der Waals surface area contributed by atoms with Crippen LogP contribution in [0.15, 0.2) is 36.4 Å². The van der Waals surface area contributed by atoms with Gasteiger partial charge in [0.25, 0.3) is 5.91 Å². The predicted octanol–water partition coefficient (Wildman–Crippen LogP) is 3.07. The largest absolute Gasteiger partial charge is 0.496 e. The molecule has 1 fully saturated rings. The van der Waals surface area contributed by atoms with Crippen molar-refractivity contribution < 1.29 is 23.9 Å². The second-order valence-electron chi connectivity index (χ2n) is 7.03. The molecule has 4 amide bonds. The van der Waals surface area contributed by atoms with E-state index >= 15 is 0 Å². The minimum atomic E-state index is -1.28. The molecule has 158 valence electrons. The first-order valence-electron chi connectivity index (χ1n) is 9.12. The van der Waals surface area contributed by atoms with Gasteiger partial charge in [-0.2, -0.15) is 0 Å². The zero-order valence-electron chi connectivity index (χ0n) is 17.0. The first-order chi connectivity index (χ1) is 14.2. The highest BCUT2D eigenvalue weighted by Gasteiger charge is 2.49. The first-order valence-corrected chi connectivity index (χ1v) is 9.50. The number of rotatable bonds is 6. The summed E-state index contributed by atoms with van der Waals surface area (Å²) < 4.78 is 10.3. The molecule has 1 aliphatic rings. The molecule has 1 saturated heterocycles. The van der Waals surface area contributed by atoms with Gasteiger partial charge in [0.05, 0.1) is 19.2 Å². The van der Waals surface area contributed by atoms with Crippen LogP contribution in [0.2, 0.25) is 5.02 Å². The molecule has 1 unspecified atom stereocenters. The number of nitrogens with one attached hydrogen (secondary N) is 2. The number of anilines is 1. The Morgan fingerprint density at radius 3 is 2.40 bits per heavy atom. The molecule has 0 radical (unpaired) electrons. The standard InChI is InChI=1S/C21H22ClN3O5/c1-12-9-13(5-7-16(12)29-3)21(2)19(27)25(20(28)24-21)11-18(26)23-14-6-8-17(30-4)15(22)10-14/h5-10H,11H2,1-4H3,(H,23,26)(H,24,28). The number of aryl methyl sites for hydroxylation is 1. The number of ether oxygens (including phenoxy) is 2. The summed E-state index contributed by atoms with van der Waals surface area (Å²) in [6.07, 6.45) is 0. The Kier molecular flexibility index (Phi) is 5.89. The number of urea groups is 1. The fraction of sp³-hybridized carbons (Fsp3) is 0.286. The van der Waals surface area contributed by atoms with E-state index in [4.69, 9.17) is 21.1 Å². The third-order valence-electron chi connectivity index (χ3n) is 4.98. The van der Waals surface area contributed by atoms with Gasteiger partial charge in [-0.25, -0.2) is 4.79 Å². The van der Waals surface area contributed by atoms with Crippen LogP contribution in [0.4, 0.5) is 10.5 Å². The van der Waals surface area contributed by atoms with E-state index in [0.717, 1.165) is 10.5 Å². The summed E-state index contributed by atoms with van der Waals surface area (Å²) in [5, 5.41) is 5.63. The first kappa shape index (κ1) is 21.4. The monoisotopic (exact) mass is 431 g/mol. The van der Waals surface area contributed by atoms with Gasteiger partial charge in [-0.15, -0.1) is 0 Å². The minimum absolute atomic E-state index is 0.327. The number of hydrogen-bond donors (Lipinski definition) is 2. The highest BCUT2D eigenvalue weighted by Crippen LogP contribution is 2.32. The number of halogens is 1. The summed E-state index contributed by atoms with van der Waals surface area (Å²) in [6.45, 7) is 3.02. The van der Waals surface area contributed by atoms with Crippen molar-refractivity contribution in [2.24, 2.45) is 0 Å². The maximum absolute atomic E-state index is 13.0. The van der Waals surface area contributed by atoms with Crippen molar-refractivity contribution in [2.45, 2.75) is 19.4 Å². The third-order valence-corrected chi connectivity index (χ3v) is 5.28. The van der Waals surface area contributed by atoms with Crippen molar-refractivity contribution >= 4 is 35.1 Å². The summed E-state index contributed by atoms with van der Waals surface area (Å²) in [7, 11) is 3.04. The van der Waals surface area contributed by atoms with Gasteiger partial charge in [0.15, 0.2) is 0 Å². The van der Waals surface area contributed by atoms with E-state index in [9.17, 15) is 14.4 Å².